The van der Waals surface area contributed by atoms with Crippen molar-refractivity contribution in [2.24, 2.45) is 5.92 Å². The van der Waals surface area contributed by atoms with Crippen LogP contribution in [0.15, 0.2) is 48.5 Å². The highest BCUT2D eigenvalue weighted by atomic mass is 32.2. The molecule has 1 saturated heterocycles. The third kappa shape index (κ3) is 4.38. The molecule has 1 aliphatic heterocycles. The third-order valence-corrected chi connectivity index (χ3v) is 7.07. The number of carbonyl (C=O) groups is 1. The Morgan fingerprint density at radius 3 is 2.43 bits per heavy atom. The largest absolute Gasteiger partial charge is 0.345 e. The SMILES string of the molecule is CCc1ccc(C(NC(=O)c2cccc(N3CCCS3(=O)=O)c2)C(C)C)cc1. The van der Waals surface area contributed by atoms with Crippen LogP contribution in [0.5, 0.6) is 0 Å². The number of rotatable bonds is 6. The van der Waals surface area contributed by atoms with E-state index in [1.54, 1.807) is 24.3 Å². The van der Waals surface area contributed by atoms with Gasteiger partial charge in [0.2, 0.25) is 10.0 Å². The topological polar surface area (TPSA) is 66.5 Å². The van der Waals surface area contributed by atoms with Gasteiger partial charge >= 0.3 is 0 Å². The third-order valence-electron chi connectivity index (χ3n) is 5.20. The summed E-state index contributed by atoms with van der Waals surface area (Å²) in [6, 6.07) is 15.1. The van der Waals surface area contributed by atoms with Crippen LogP contribution < -0.4 is 9.62 Å². The van der Waals surface area contributed by atoms with E-state index in [-0.39, 0.29) is 23.6 Å². The average Bonchev–Trinajstić information content (AvgIpc) is 3.05. The molecule has 3 rings (SSSR count). The Balaban J connectivity index is 1.81. The minimum Gasteiger partial charge on any atom is -0.345 e. The van der Waals surface area contributed by atoms with Gasteiger partial charge in [0.1, 0.15) is 0 Å². The minimum atomic E-state index is -3.27. The maximum Gasteiger partial charge on any atom is 0.251 e. The summed E-state index contributed by atoms with van der Waals surface area (Å²) in [6.07, 6.45) is 1.59. The van der Waals surface area contributed by atoms with Gasteiger partial charge < -0.3 is 5.32 Å². The predicted molar refractivity (Wildman–Crippen MR) is 113 cm³/mol. The van der Waals surface area contributed by atoms with Crippen LogP contribution in [0.2, 0.25) is 0 Å². The maximum atomic E-state index is 12.9. The van der Waals surface area contributed by atoms with E-state index in [1.807, 2.05) is 0 Å². The van der Waals surface area contributed by atoms with E-state index >= 15 is 0 Å². The van der Waals surface area contributed by atoms with Crippen LogP contribution in [0.1, 0.15) is 54.7 Å². The number of nitrogens with one attached hydrogen (secondary N) is 1. The lowest BCUT2D eigenvalue weighted by atomic mass is 9.94. The molecule has 150 valence electrons. The highest BCUT2D eigenvalue weighted by Crippen LogP contribution is 2.26. The van der Waals surface area contributed by atoms with Crippen molar-refractivity contribution < 1.29 is 13.2 Å². The van der Waals surface area contributed by atoms with Crippen molar-refractivity contribution in [2.75, 3.05) is 16.6 Å². The van der Waals surface area contributed by atoms with Gasteiger partial charge in [0.05, 0.1) is 17.5 Å². The van der Waals surface area contributed by atoms with Crippen molar-refractivity contribution >= 4 is 21.6 Å². The molecule has 1 unspecified atom stereocenters. The zero-order valence-electron chi connectivity index (χ0n) is 16.7. The lowest BCUT2D eigenvalue weighted by Gasteiger charge is -2.24. The van der Waals surface area contributed by atoms with Crippen LogP contribution in [0.25, 0.3) is 0 Å². The van der Waals surface area contributed by atoms with Crippen LogP contribution >= 0.6 is 0 Å². The van der Waals surface area contributed by atoms with Crippen LogP contribution in [0, 0.1) is 5.92 Å². The molecule has 0 radical (unpaired) electrons. The molecule has 0 aliphatic carbocycles. The molecule has 1 N–H and O–H groups in total. The van der Waals surface area contributed by atoms with Gasteiger partial charge in [-0.05, 0) is 48.1 Å². The highest BCUT2D eigenvalue weighted by molar-refractivity contribution is 7.93. The van der Waals surface area contributed by atoms with Crippen LogP contribution in [-0.2, 0) is 16.4 Å². The second kappa shape index (κ2) is 8.35. The van der Waals surface area contributed by atoms with Crippen molar-refractivity contribution in [2.45, 2.75) is 39.7 Å². The molecule has 1 aliphatic rings. The fraction of sp³-hybridized carbons (Fsp3) is 0.409. The zero-order valence-corrected chi connectivity index (χ0v) is 17.5. The summed E-state index contributed by atoms with van der Waals surface area (Å²) >= 11 is 0. The number of aryl methyl sites for hydroxylation is 1. The number of sulfonamides is 1. The molecule has 28 heavy (non-hydrogen) atoms. The second-order valence-corrected chi connectivity index (χ2v) is 9.60. The van der Waals surface area contributed by atoms with Crippen LogP contribution in [0.3, 0.4) is 0 Å². The standard InChI is InChI=1S/C22H28N2O3S/c1-4-17-9-11-18(12-10-17)21(16(2)3)23-22(25)19-7-5-8-20(15-19)24-13-6-14-28(24,26)27/h5,7-12,15-16,21H,4,6,13-14H2,1-3H3,(H,23,25). The molecule has 5 nitrogen and oxygen atoms in total. The number of benzene rings is 2. The molecule has 0 spiro atoms. The molecule has 1 amide bonds. The van der Waals surface area contributed by atoms with E-state index in [4.69, 9.17) is 0 Å². The Kier molecular flexibility index (Phi) is 6.08. The summed E-state index contributed by atoms with van der Waals surface area (Å²) in [5.74, 6) is 0.183. The van der Waals surface area contributed by atoms with Gasteiger partial charge in [0.25, 0.3) is 5.91 Å². The van der Waals surface area contributed by atoms with Gasteiger partial charge in [0, 0.05) is 12.1 Å². The quantitative estimate of drug-likeness (QED) is 0.799. The normalized spacial score (nSPS) is 16.9. The molecule has 1 fully saturated rings. The first-order chi connectivity index (χ1) is 13.3. The summed E-state index contributed by atoms with van der Waals surface area (Å²) in [5.41, 5.74) is 3.35. The lowest BCUT2D eigenvalue weighted by molar-refractivity contribution is 0.0925. The van der Waals surface area contributed by atoms with Gasteiger partial charge in [0.15, 0.2) is 0 Å². The van der Waals surface area contributed by atoms with E-state index in [2.05, 4.69) is 50.4 Å². The molecule has 0 aromatic heterocycles. The summed E-state index contributed by atoms with van der Waals surface area (Å²) < 4.78 is 25.7. The van der Waals surface area contributed by atoms with E-state index in [0.29, 0.717) is 24.2 Å². The van der Waals surface area contributed by atoms with Gasteiger partial charge in [-0.3, -0.25) is 9.10 Å². The number of amides is 1. The molecule has 2 aromatic carbocycles. The molecule has 1 heterocycles. The van der Waals surface area contributed by atoms with Crippen molar-refractivity contribution in [3.05, 3.63) is 65.2 Å². The molecular formula is C22H28N2O3S. The minimum absolute atomic E-state index is 0.113. The van der Waals surface area contributed by atoms with Crippen LogP contribution in [0.4, 0.5) is 5.69 Å². The van der Waals surface area contributed by atoms with E-state index in [0.717, 1.165) is 12.0 Å². The number of anilines is 1. The summed E-state index contributed by atoms with van der Waals surface area (Å²) in [5, 5.41) is 3.12. The predicted octanol–water partition coefficient (Wildman–Crippen LogP) is 3.92. The summed E-state index contributed by atoms with van der Waals surface area (Å²) in [7, 11) is -3.27. The highest BCUT2D eigenvalue weighted by Gasteiger charge is 2.29. The fourth-order valence-corrected chi connectivity index (χ4v) is 5.11. The van der Waals surface area contributed by atoms with E-state index < -0.39 is 10.0 Å². The van der Waals surface area contributed by atoms with Crippen molar-refractivity contribution in [1.82, 2.24) is 5.32 Å². The molecule has 0 bridgehead atoms. The summed E-state index contributed by atoms with van der Waals surface area (Å²) in [6.45, 7) is 6.73. The number of hydrogen-bond donors (Lipinski definition) is 1. The van der Waals surface area contributed by atoms with Gasteiger partial charge in [-0.25, -0.2) is 8.42 Å². The first kappa shape index (κ1) is 20.4. The Morgan fingerprint density at radius 2 is 1.86 bits per heavy atom. The number of hydrogen-bond acceptors (Lipinski definition) is 3. The second-order valence-electron chi connectivity index (χ2n) is 7.58. The van der Waals surface area contributed by atoms with Crippen molar-refractivity contribution in [3.8, 4) is 0 Å². The Morgan fingerprint density at radius 1 is 1.14 bits per heavy atom. The lowest BCUT2D eigenvalue weighted by Crippen LogP contribution is -2.32. The fourth-order valence-electron chi connectivity index (χ4n) is 3.55. The van der Waals surface area contributed by atoms with Crippen molar-refractivity contribution in [1.29, 1.82) is 0 Å². The summed E-state index contributed by atoms with van der Waals surface area (Å²) in [4.78, 5) is 12.9. The van der Waals surface area contributed by atoms with Crippen molar-refractivity contribution in [3.63, 3.8) is 0 Å². The smallest absolute Gasteiger partial charge is 0.251 e. The Labute approximate surface area is 167 Å². The maximum absolute atomic E-state index is 12.9. The van der Waals surface area contributed by atoms with Crippen LogP contribution in [-0.4, -0.2) is 26.6 Å². The Hall–Kier alpha value is -2.34. The Bertz CT molecular complexity index is 937. The van der Waals surface area contributed by atoms with Gasteiger partial charge in [-0.1, -0.05) is 51.1 Å². The molecule has 0 saturated carbocycles. The first-order valence-corrected chi connectivity index (χ1v) is 11.4. The average molecular weight is 401 g/mol. The van der Waals surface area contributed by atoms with Gasteiger partial charge in [-0.2, -0.15) is 0 Å². The molecular weight excluding hydrogens is 372 g/mol. The van der Waals surface area contributed by atoms with E-state index in [1.165, 1.54) is 9.87 Å². The molecule has 2 aromatic rings. The number of carbonyl (C=O) groups excluding carboxylic acids is 1. The number of nitrogens with zero attached hydrogens (tertiary/aromatic N) is 1. The molecule has 6 heteroatoms. The van der Waals surface area contributed by atoms with Gasteiger partial charge in [-0.15, -0.1) is 0 Å². The first-order valence-electron chi connectivity index (χ1n) is 9.82. The monoisotopic (exact) mass is 400 g/mol. The molecule has 1 atom stereocenters. The van der Waals surface area contributed by atoms with E-state index in [9.17, 15) is 13.2 Å². The zero-order chi connectivity index (χ0) is 20.3.